The van der Waals surface area contributed by atoms with Crippen molar-refractivity contribution in [3.63, 3.8) is 0 Å². The van der Waals surface area contributed by atoms with Gasteiger partial charge < -0.3 is 9.67 Å². The first-order valence-electron chi connectivity index (χ1n) is 5.48. The molecule has 1 aliphatic heterocycles. The molecule has 1 N–H and O–H groups in total. The molecule has 17 heavy (non-hydrogen) atoms. The zero-order chi connectivity index (χ0) is 11.8. The first kappa shape index (κ1) is 9.96. The molecule has 0 bridgehead atoms. The molecule has 2 aromatic rings. The molecule has 0 saturated heterocycles. The number of hydrogen-bond donors (Lipinski definition) is 1. The van der Waals surface area contributed by atoms with E-state index in [-0.39, 0.29) is 0 Å². The van der Waals surface area contributed by atoms with E-state index in [1.807, 2.05) is 42.6 Å². The molecule has 2 heterocycles. The second-order valence-electron chi connectivity index (χ2n) is 4.12. The van der Waals surface area contributed by atoms with E-state index < -0.39 is 6.09 Å². The summed E-state index contributed by atoms with van der Waals surface area (Å²) in [5, 5.41) is 9.29. The van der Waals surface area contributed by atoms with Crippen LogP contribution in [0.5, 0.6) is 0 Å². The average Bonchev–Trinajstić information content (AvgIpc) is 2.68. The SMILES string of the molecule is O=C(O)N1Cc2cccn2Cc2ccccc21. The molecule has 1 aromatic heterocycles. The Hall–Kier alpha value is -2.23. The summed E-state index contributed by atoms with van der Waals surface area (Å²) in [6.07, 6.45) is 1.07. The lowest BCUT2D eigenvalue weighted by Gasteiger charge is -2.18. The summed E-state index contributed by atoms with van der Waals surface area (Å²) in [4.78, 5) is 12.7. The summed E-state index contributed by atoms with van der Waals surface area (Å²) < 4.78 is 2.09. The second kappa shape index (κ2) is 3.66. The molecule has 0 unspecified atom stereocenters. The van der Waals surface area contributed by atoms with Crippen molar-refractivity contribution in [3.8, 4) is 0 Å². The number of aromatic nitrogens is 1. The van der Waals surface area contributed by atoms with Gasteiger partial charge in [-0.2, -0.15) is 0 Å². The highest BCUT2D eigenvalue weighted by molar-refractivity contribution is 5.87. The van der Waals surface area contributed by atoms with Gasteiger partial charge in [-0.3, -0.25) is 4.90 Å². The van der Waals surface area contributed by atoms with Gasteiger partial charge in [-0.05, 0) is 23.8 Å². The number of para-hydroxylation sites is 1. The molecule has 0 fully saturated rings. The molecule has 0 aliphatic carbocycles. The van der Waals surface area contributed by atoms with Gasteiger partial charge in [0, 0.05) is 18.4 Å². The van der Waals surface area contributed by atoms with Gasteiger partial charge in [-0.25, -0.2) is 4.79 Å². The van der Waals surface area contributed by atoms with E-state index in [9.17, 15) is 9.90 Å². The lowest BCUT2D eigenvalue weighted by Crippen LogP contribution is -2.28. The Morgan fingerprint density at radius 1 is 1.12 bits per heavy atom. The predicted molar refractivity (Wildman–Crippen MR) is 64.2 cm³/mol. The first-order valence-corrected chi connectivity index (χ1v) is 5.48. The van der Waals surface area contributed by atoms with Gasteiger partial charge in [0.2, 0.25) is 0 Å². The Kier molecular flexibility index (Phi) is 2.14. The lowest BCUT2D eigenvalue weighted by molar-refractivity contribution is 0.201. The molecule has 1 aromatic carbocycles. The number of rotatable bonds is 0. The number of carboxylic acid groups (broad SMARTS) is 1. The zero-order valence-electron chi connectivity index (χ0n) is 9.21. The van der Waals surface area contributed by atoms with Crippen LogP contribution >= 0.6 is 0 Å². The highest BCUT2D eigenvalue weighted by Crippen LogP contribution is 2.27. The maximum absolute atomic E-state index is 11.3. The van der Waals surface area contributed by atoms with Crippen LogP contribution in [-0.4, -0.2) is 15.8 Å². The summed E-state index contributed by atoms with van der Waals surface area (Å²) in [6.45, 7) is 1.13. The number of amides is 1. The maximum atomic E-state index is 11.3. The quantitative estimate of drug-likeness (QED) is 0.753. The van der Waals surface area contributed by atoms with Crippen molar-refractivity contribution < 1.29 is 9.90 Å². The third-order valence-corrected chi connectivity index (χ3v) is 3.10. The van der Waals surface area contributed by atoms with Crippen LogP contribution in [0.1, 0.15) is 11.3 Å². The van der Waals surface area contributed by atoms with Crippen LogP contribution in [0, 0.1) is 0 Å². The van der Waals surface area contributed by atoms with Crippen molar-refractivity contribution in [1.82, 2.24) is 4.57 Å². The fraction of sp³-hybridized carbons (Fsp3) is 0.154. The summed E-state index contributed by atoms with van der Waals surface area (Å²) in [6, 6.07) is 11.5. The third kappa shape index (κ3) is 1.58. The Balaban J connectivity index is 2.16. The van der Waals surface area contributed by atoms with Crippen LogP contribution in [-0.2, 0) is 13.1 Å². The fourth-order valence-corrected chi connectivity index (χ4v) is 2.26. The Morgan fingerprint density at radius 3 is 2.76 bits per heavy atom. The van der Waals surface area contributed by atoms with Gasteiger partial charge in [-0.15, -0.1) is 0 Å². The molecule has 0 radical (unpaired) electrons. The normalized spacial score (nSPS) is 13.8. The van der Waals surface area contributed by atoms with Gasteiger partial charge in [0.15, 0.2) is 0 Å². The standard InChI is InChI=1S/C13H12N2O2/c16-13(17)15-9-11-5-3-7-14(11)8-10-4-1-2-6-12(10)15/h1-7H,8-9H2,(H,16,17). The minimum atomic E-state index is -0.910. The van der Waals surface area contributed by atoms with Crippen molar-refractivity contribution in [2.75, 3.05) is 4.90 Å². The number of hydrogen-bond acceptors (Lipinski definition) is 1. The maximum Gasteiger partial charge on any atom is 0.412 e. The van der Waals surface area contributed by atoms with Crippen molar-refractivity contribution in [2.45, 2.75) is 13.1 Å². The van der Waals surface area contributed by atoms with E-state index >= 15 is 0 Å². The molecular formula is C13H12N2O2. The molecule has 0 saturated carbocycles. The van der Waals surface area contributed by atoms with Crippen LogP contribution in [0.15, 0.2) is 42.6 Å². The van der Waals surface area contributed by atoms with Crippen LogP contribution < -0.4 is 4.90 Å². The van der Waals surface area contributed by atoms with Crippen LogP contribution in [0.3, 0.4) is 0 Å². The van der Waals surface area contributed by atoms with E-state index in [4.69, 9.17) is 0 Å². The van der Waals surface area contributed by atoms with Gasteiger partial charge in [0.1, 0.15) is 0 Å². The zero-order valence-corrected chi connectivity index (χ0v) is 9.21. The monoisotopic (exact) mass is 228 g/mol. The molecule has 0 atom stereocenters. The fourth-order valence-electron chi connectivity index (χ4n) is 2.26. The smallest absolute Gasteiger partial charge is 0.412 e. The number of benzene rings is 1. The van der Waals surface area contributed by atoms with E-state index in [1.165, 1.54) is 4.90 Å². The molecule has 0 spiro atoms. The summed E-state index contributed by atoms with van der Waals surface area (Å²) in [5.74, 6) is 0. The number of carbonyl (C=O) groups is 1. The van der Waals surface area contributed by atoms with E-state index in [0.29, 0.717) is 6.54 Å². The molecule has 1 aliphatic rings. The molecular weight excluding hydrogens is 216 g/mol. The topological polar surface area (TPSA) is 45.5 Å². The second-order valence-corrected chi connectivity index (χ2v) is 4.12. The molecule has 1 amide bonds. The number of fused-ring (bicyclic) bond motifs is 2. The Morgan fingerprint density at radius 2 is 1.94 bits per heavy atom. The summed E-state index contributed by atoms with van der Waals surface area (Å²) in [5.41, 5.74) is 2.83. The van der Waals surface area contributed by atoms with Gasteiger partial charge in [0.25, 0.3) is 0 Å². The summed E-state index contributed by atoms with van der Waals surface area (Å²) >= 11 is 0. The first-order chi connectivity index (χ1) is 8.25. The van der Waals surface area contributed by atoms with Crippen LogP contribution in [0.2, 0.25) is 0 Å². The molecule has 3 rings (SSSR count). The average molecular weight is 228 g/mol. The Bertz CT molecular complexity index is 574. The van der Waals surface area contributed by atoms with Crippen molar-refractivity contribution in [3.05, 3.63) is 53.9 Å². The van der Waals surface area contributed by atoms with Crippen molar-refractivity contribution in [1.29, 1.82) is 0 Å². The van der Waals surface area contributed by atoms with E-state index in [2.05, 4.69) is 4.57 Å². The van der Waals surface area contributed by atoms with E-state index in [0.717, 1.165) is 23.5 Å². The molecule has 4 nitrogen and oxygen atoms in total. The minimum absolute atomic E-state index is 0.402. The van der Waals surface area contributed by atoms with Crippen molar-refractivity contribution in [2.24, 2.45) is 0 Å². The van der Waals surface area contributed by atoms with Crippen molar-refractivity contribution >= 4 is 11.8 Å². The molecule has 86 valence electrons. The minimum Gasteiger partial charge on any atom is -0.465 e. The molecule has 4 heteroatoms. The van der Waals surface area contributed by atoms with E-state index in [1.54, 1.807) is 0 Å². The third-order valence-electron chi connectivity index (χ3n) is 3.10. The highest BCUT2D eigenvalue weighted by Gasteiger charge is 2.22. The van der Waals surface area contributed by atoms with Gasteiger partial charge in [-0.1, -0.05) is 18.2 Å². The van der Waals surface area contributed by atoms with Crippen LogP contribution in [0.4, 0.5) is 10.5 Å². The highest BCUT2D eigenvalue weighted by atomic mass is 16.4. The number of nitrogens with zero attached hydrogens (tertiary/aromatic N) is 2. The largest absolute Gasteiger partial charge is 0.465 e. The predicted octanol–water partition coefficient (Wildman–Crippen LogP) is 2.53. The van der Waals surface area contributed by atoms with Gasteiger partial charge in [0.05, 0.1) is 12.2 Å². The Labute approximate surface area is 98.7 Å². The summed E-state index contributed by atoms with van der Waals surface area (Å²) in [7, 11) is 0. The van der Waals surface area contributed by atoms with Gasteiger partial charge >= 0.3 is 6.09 Å². The van der Waals surface area contributed by atoms with Crippen LogP contribution in [0.25, 0.3) is 0 Å². The lowest BCUT2D eigenvalue weighted by atomic mass is 10.1. The number of anilines is 1.